The van der Waals surface area contributed by atoms with E-state index in [1.54, 1.807) is 42.5 Å². The Hall–Kier alpha value is -2.88. The van der Waals surface area contributed by atoms with E-state index in [0.717, 1.165) is 5.56 Å². The molecular weight excluding hydrogens is 381 g/mol. The first-order valence-electron chi connectivity index (χ1n) is 8.17. The first kappa shape index (κ1) is 18.9. The van der Waals surface area contributed by atoms with Crippen molar-refractivity contribution in [2.45, 2.75) is 0 Å². The van der Waals surface area contributed by atoms with Crippen LogP contribution in [-0.2, 0) is 4.79 Å². The zero-order chi connectivity index (χ0) is 19.2. The van der Waals surface area contributed by atoms with Crippen molar-refractivity contribution in [2.24, 2.45) is 0 Å². The zero-order valence-electron chi connectivity index (χ0n) is 14.2. The van der Waals surface area contributed by atoms with E-state index in [1.807, 2.05) is 36.4 Å². The molecule has 0 heterocycles. The Kier molecular flexibility index (Phi) is 6.07. The number of hydrogen-bond donors (Lipinski definition) is 1. The van der Waals surface area contributed by atoms with Gasteiger partial charge in [-0.2, -0.15) is 0 Å². The Balaban J connectivity index is 1.88. The standard InChI is InChI=1S/C22H15Cl2NO2/c23-17-11-12-20(18(14-17)21(26)16-9-5-2-6-10-16)25-22(27)19(24)13-15-7-3-1-4-8-15/h1-14H,(H,25,27)/b19-13+. The summed E-state index contributed by atoms with van der Waals surface area (Å²) in [4.78, 5) is 25.3. The second-order valence-electron chi connectivity index (χ2n) is 5.74. The lowest BCUT2D eigenvalue weighted by atomic mass is 10.0. The lowest BCUT2D eigenvalue weighted by molar-refractivity contribution is -0.112. The van der Waals surface area contributed by atoms with Crippen molar-refractivity contribution in [1.29, 1.82) is 0 Å². The summed E-state index contributed by atoms with van der Waals surface area (Å²) in [6.45, 7) is 0. The van der Waals surface area contributed by atoms with Crippen LogP contribution in [0.1, 0.15) is 21.5 Å². The van der Waals surface area contributed by atoms with Crippen molar-refractivity contribution in [3.63, 3.8) is 0 Å². The summed E-state index contributed by atoms with van der Waals surface area (Å²) in [6.07, 6.45) is 1.56. The highest BCUT2D eigenvalue weighted by Crippen LogP contribution is 2.25. The van der Waals surface area contributed by atoms with E-state index in [1.165, 1.54) is 6.07 Å². The minimum atomic E-state index is -0.509. The summed E-state index contributed by atoms with van der Waals surface area (Å²) in [5, 5.41) is 3.10. The Morgan fingerprint density at radius 2 is 1.48 bits per heavy atom. The fraction of sp³-hybridized carbons (Fsp3) is 0. The lowest BCUT2D eigenvalue weighted by Crippen LogP contribution is -2.15. The van der Waals surface area contributed by atoms with E-state index in [4.69, 9.17) is 23.2 Å². The minimum absolute atomic E-state index is 0.00857. The summed E-state index contributed by atoms with van der Waals surface area (Å²) in [5.74, 6) is -0.749. The minimum Gasteiger partial charge on any atom is -0.321 e. The summed E-state index contributed by atoms with van der Waals surface area (Å²) >= 11 is 12.2. The number of ketones is 1. The van der Waals surface area contributed by atoms with Gasteiger partial charge >= 0.3 is 0 Å². The second-order valence-corrected chi connectivity index (χ2v) is 6.59. The van der Waals surface area contributed by atoms with Gasteiger partial charge in [-0.05, 0) is 29.8 Å². The molecule has 3 nitrogen and oxygen atoms in total. The third-order valence-corrected chi connectivity index (χ3v) is 4.34. The number of anilines is 1. The predicted octanol–water partition coefficient (Wildman–Crippen LogP) is 5.79. The Labute approximate surface area is 167 Å². The van der Waals surface area contributed by atoms with Crippen LogP contribution >= 0.6 is 23.2 Å². The predicted molar refractivity (Wildman–Crippen MR) is 110 cm³/mol. The molecule has 0 aliphatic rings. The normalized spacial score (nSPS) is 11.1. The van der Waals surface area contributed by atoms with E-state index in [-0.39, 0.29) is 10.8 Å². The topological polar surface area (TPSA) is 46.2 Å². The number of halogens is 2. The number of benzene rings is 3. The van der Waals surface area contributed by atoms with Crippen LogP contribution < -0.4 is 5.32 Å². The molecule has 0 radical (unpaired) electrons. The molecule has 1 N–H and O–H groups in total. The molecule has 0 atom stereocenters. The summed E-state index contributed by atoms with van der Waals surface area (Å²) in [5.41, 5.74) is 1.94. The fourth-order valence-corrected chi connectivity index (χ4v) is 2.85. The first-order valence-corrected chi connectivity index (χ1v) is 8.93. The molecular formula is C22H15Cl2NO2. The maximum Gasteiger partial charge on any atom is 0.267 e. The average Bonchev–Trinajstić information content (AvgIpc) is 2.70. The van der Waals surface area contributed by atoms with E-state index < -0.39 is 5.91 Å². The molecule has 0 aliphatic heterocycles. The molecule has 27 heavy (non-hydrogen) atoms. The molecule has 0 aliphatic carbocycles. The molecule has 0 saturated carbocycles. The lowest BCUT2D eigenvalue weighted by Gasteiger charge is -2.11. The van der Waals surface area contributed by atoms with Crippen LogP contribution in [0, 0.1) is 0 Å². The quantitative estimate of drug-likeness (QED) is 0.438. The number of carbonyl (C=O) groups excluding carboxylic acids is 2. The van der Waals surface area contributed by atoms with Gasteiger partial charge in [0.15, 0.2) is 5.78 Å². The molecule has 0 unspecified atom stereocenters. The molecule has 134 valence electrons. The molecule has 3 rings (SSSR count). The van der Waals surface area contributed by atoms with Crippen molar-refractivity contribution in [3.05, 3.63) is 106 Å². The molecule has 1 amide bonds. The third-order valence-electron chi connectivity index (χ3n) is 3.82. The highest BCUT2D eigenvalue weighted by atomic mass is 35.5. The zero-order valence-corrected chi connectivity index (χ0v) is 15.7. The maximum atomic E-state index is 12.8. The van der Waals surface area contributed by atoms with Gasteiger partial charge in [-0.25, -0.2) is 0 Å². The molecule has 0 spiro atoms. The molecule has 0 fully saturated rings. The van der Waals surface area contributed by atoms with Crippen molar-refractivity contribution in [3.8, 4) is 0 Å². The van der Waals surface area contributed by atoms with Crippen LogP contribution in [0.4, 0.5) is 5.69 Å². The van der Waals surface area contributed by atoms with Crippen LogP contribution in [0.25, 0.3) is 6.08 Å². The van der Waals surface area contributed by atoms with Gasteiger partial charge < -0.3 is 5.32 Å². The van der Waals surface area contributed by atoms with Gasteiger partial charge in [-0.15, -0.1) is 0 Å². The summed E-state index contributed by atoms with van der Waals surface area (Å²) < 4.78 is 0. The average molecular weight is 396 g/mol. The van der Waals surface area contributed by atoms with Gasteiger partial charge in [0.1, 0.15) is 5.03 Å². The van der Waals surface area contributed by atoms with Crippen LogP contribution in [0.2, 0.25) is 5.02 Å². The summed E-state index contributed by atoms with van der Waals surface area (Å²) in [6, 6.07) is 22.8. The van der Waals surface area contributed by atoms with Gasteiger partial charge in [-0.1, -0.05) is 83.9 Å². The van der Waals surface area contributed by atoms with Crippen LogP contribution in [0.15, 0.2) is 83.9 Å². The van der Waals surface area contributed by atoms with Crippen molar-refractivity contribution in [2.75, 3.05) is 5.32 Å². The number of carbonyl (C=O) groups is 2. The van der Waals surface area contributed by atoms with Crippen molar-refractivity contribution < 1.29 is 9.59 Å². The Bertz CT molecular complexity index is 999. The molecule has 0 saturated heterocycles. The van der Waals surface area contributed by atoms with Crippen LogP contribution in [-0.4, -0.2) is 11.7 Å². The van der Waals surface area contributed by atoms with Crippen molar-refractivity contribution in [1.82, 2.24) is 0 Å². The Morgan fingerprint density at radius 3 is 2.15 bits per heavy atom. The number of amides is 1. The van der Waals surface area contributed by atoms with Gasteiger partial charge in [-0.3, -0.25) is 9.59 Å². The molecule has 3 aromatic rings. The first-order chi connectivity index (χ1) is 13.0. The van der Waals surface area contributed by atoms with Crippen molar-refractivity contribution >= 4 is 46.7 Å². The second kappa shape index (κ2) is 8.67. The number of hydrogen-bond acceptors (Lipinski definition) is 2. The third kappa shape index (κ3) is 4.85. The largest absolute Gasteiger partial charge is 0.321 e. The smallest absolute Gasteiger partial charge is 0.267 e. The molecule has 0 bridgehead atoms. The highest BCUT2D eigenvalue weighted by molar-refractivity contribution is 6.46. The van der Waals surface area contributed by atoms with Gasteiger partial charge in [0, 0.05) is 16.1 Å². The monoisotopic (exact) mass is 395 g/mol. The molecule has 3 aromatic carbocycles. The summed E-state index contributed by atoms with van der Waals surface area (Å²) in [7, 11) is 0. The van der Waals surface area contributed by atoms with Crippen LogP contribution in [0.3, 0.4) is 0 Å². The van der Waals surface area contributed by atoms with E-state index in [9.17, 15) is 9.59 Å². The SMILES string of the molecule is O=C(Nc1ccc(Cl)cc1C(=O)c1ccccc1)/C(Cl)=C\c1ccccc1. The van der Waals surface area contributed by atoms with E-state index >= 15 is 0 Å². The molecule has 5 heteroatoms. The van der Waals surface area contributed by atoms with Gasteiger partial charge in [0.25, 0.3) is 5.91 Å². The fourth-order valence-electron chi connectivity index (χ4n) is 2.50. The maximum absolute atomic E-state index is 12.8. The van der Waals surface area contributed by atoms with Crippen LogP contribution in [0.5, 0.6) is 0 Å². The van der Waals surface area contributed by atoms with Gasteiger partial charge in [0.2, 0.25) is 0 Å². The Morgan fingerprint density at radius 1 is 0.852 bits per heavy atom. The number of rotatable bonds is 5. The molecule has 0 aromatic heterocycles. The van der Waals surface area contributed by atoms with E-state index in [0.29, 0.717) is 21.8 Å². The van der Waals surface area contributed by atoms with Gasteiger partial charge in [0.05, 0.1) is 5.69 Å². The highest BCUT2D eigenvalue weighted by Gasteiger charge is 2.17. The van der Waals surface area contributed by atoms with E-state index in [2.05, 4.69) is 5.32 Å². The number of nitrogens with one attached hydrogen (secondary N) is 1.